The Labute approximate surface area is 158 Å². The molecule has 0 unspecified atom stereocenters. The van der Waals surface area contributed by atoms with E-state index in [1.165, 1.54) is 30.3 Å². The van der Waals surface area contributed by atoms with Crippen LogP contribution >= 0.6 is 0 Å². The molecule has 2 N–H and O–H groups in total. The van der Waals surface area contributed by atoms with Crippen molar-refractivity contribution < 1.29 is 23.0 Å². The number of nitrogens with one attached hydrogen (secondary N) is 1. The van der Waals surface area contributed by atoms with Crippen LogP contribution in [0.4, 0.5) is 5.69 Å². The van der Waals surface area contributed by atoms with Crippen molar-refractivity contribution >= 4 is 15.7 Å². The van der Waals surface area contributed by atoms with Gasteiger partial charge in [0.25, 0.3) is 10.0 Å². The Morgan fingerprint density at radius 2 is 1.67 bits per heavy atom. The van der Waals surface area contributed by atoms with Crippen LogP contribution in [0.25, 0.3) is 0 Å². The third-order valence-corrected chi connectivity index (χ3v) is 5.20. The zero-order valence-corrected chi connectivity index (χ0v) is 15.4. The highest BCUT2D eigenvalue weighted by Gasteiger charge is 2.17. The molecule has 0 bridgehead atoms. The largest absolute Gasteiger partial charge is 0.508 e. The standard InChI is InChI=1S/C20H19NO5S/c1-25-17-10-7-15(8-11-17)14-26-20-12-9-16(22)13-19(20)21-27(23,24)18-5-3-2-4-6-18/h2-13,21-22H,14H2,1H3. The molecule has 0 atom stereocenters. The molecule has 0 aliphatic rings. The first-order valence-electron chi connectivity index (χ1n) is 8.14. The van der Waals surface area contributed by atoms with Crippen molar-refractivity contribution in [3.63, 3.8) is 0 Å². The molecule has 0 spiro atoms. The van der Waals surface area contributed by atoms with E-state index < -0.39 is 10.0 Å². The van der Waals surface area contributed by atoms with Crippen LogP contribution in [0.15, 0.2) is 77.7 Å². The monoisotopic (exact) mass is 385 g/mol. The van der Waals surface area contributed by atoms with Gasteiger partial charge < -0.3 is 14.6 Å². The third kappa shape index (κ3) is 4.71. The molecule has 0 aliphatic carbocycles. The average molecular weight is 385 g/mol. The van der Waals surface area contributed by atoms with E-state index in [1.54, 1.807) is 25.3 Å². The summed E-state index contributed by atoms with van der Waals surface area (Å²) in [6.07, 6.45) is 0. The molecule has 0 amide bonds. The second-order valence-corrected chi connectivity index (χ2v) is 7.42. The Kier molecular flexibility index (Phi) is 5.52. The fourth-order valence-corrected chi connectivity index (χ4v) is 3.49. The lowest BCUT2D eigenvalue weighted by molar-refractivity contribution is 0.307. The minimum atomic E-state index is -3.80. The molecule has 3 aromatic rings. The van der Waals surface area contributed by atoms with Crippen molar-refractivity contribution in [2.75, 3.05) is 11.8 Å². The highest BCUT2D eigenvalue weighted by atomic mass is 32.2. The predicted octanol–water partition coefficient (Wildman–Crippen LogP) is 3.78. The number of sulfonamides is 1. The van der Waals surface area contributed by atoms with E-state index in [-0.39, 0.29) is 22.9 Å². The van der Waals surface area contributed by atoms with Crippen LogP contribution in [-0.2, 0) is 16.6 Å². The number of benzene rings is 3. The molecule has 3 aromatic carbocycles. The summed E-state index contributed by atoms with van der Waals surface area (Å²) in [4.78, 5) is 0.120. The van der Waals surface area contributed by atoms with Crippen LogP contribution in [0.1, 0.15) is 5.56 Å². The maximum atomic E-state index is 12.5. The summed E-state index contributed by atoms with van der Waals surface area (Å²) < 4.78 is 38.4. The zero-order valence-electron chi connectivity index (χ0n) is 14.6. The lowest BCUT2D eigenvalue weighted by Gasteiger charge is -2.14. The highest BCUT2D eigenvalue weighted by Crippen LogP contribution is 2.31. The van der Waals surface area contributed by atoms with E-state index in [1.807, 2.05) is 24.3 Å². The maximum absolute atomic E-state index is 12.5. The number of phenolic OH excluding ortho intramolecular Hbond substituents is 1. The van der Waals surface area contributed by atoms with E-state index in [0.29, 0.717) is 5.75 Å². The van der Waals surface area contributed by atoms with Crippen molar-refractivity contribution in [3.8, 4) is 17.2 Å². The number of aromatic hydroxyl groups is 1. The van der Waals surface area contributed by atoms with E-state index in [4.69, 9.17) is 9.47 Å². The number of rotatable bonds is 7. The molecular weight excluding hydrogens is 366 g/mol. The predicted molar refractivity (Wildman–Crippen MR) is 103 cm³/mol. The Balaban J connectivity index is 1.80. The van der Waals surface area contributed by atoms with Crippen LogP contribution in [0.5, 0.6) is 17.2 Å². The molecule has 0 saturated carbocycles. The maximum Gasteiger partial charge on any atom is 0.262 e. The van der Waals surface area contributed by atoms with Crippen LogP contribution in [0.3, 0.4) is 0 Å². The molecule has 0 saturated heterocycles. The average Bonchev–Trinajstić information content (AvgIpc) is 2.68. The molecule has 7 heteroatoms. The summed E-state index contributed by atoms with van der Waals surface area (Å²) >= 11 is 0. The number of anilines is 1. The summed E-state index contributed by atoms with van der Waals surface area (Å²) in [5.41, 5.74) is 1.05. The molecule has 27 heavy (non-hydrogen) atoms. The first-order chi connectivity index (χ1) is 13.0. The van der Waals surface area contributed by atoms with Gasteiger partial charge in [-0.15, -0.1) is 0 Å². The van der Waals surface area contributed by atoms with Gasteiger partial charge in [0.2, 0.25) is 0 Å². The van der Waals surface area contributed by atoms with Gasteiger partial charge in [-0.25, -0.2) is 8.42 Å². The minimum absolute atomic E-state index is 0.0717. The van der Waals surface area contributed by atoms with Crippen LogP contribution < -0.4 is 14.2 Å². The summed E-state index contributed by atoms with van der Waals surface area (Å²) in [5, 5.41) is 9.74. The van der Waals surface area contributed by atoms with Gasteiger partial charge in [0.15, 0.2) is 0 Å². The van der Waals surface area contributed by atoms with E-state index in [9.17, 15) is 13.5 Å². The fraction of sp³-hybridized carbons (Fsp3) is 0.100. The summed E-state index contributed by atoms with van der Waals surface area (Å²) in [6, 6.07) is 19.6. The van der Waals surface area contributed by atoms with Crippen molar-refractivity contribution in [1.29, 1.82) is 0 Å². The fourth-order valence-electron chi connectivity index (χ4n) is 2.41. The molecule has 0 aromatic heterocycles. The summed E-state index contributed by atoms with van der Waals surface area (Å²) in [5.74, 6) is 0.973. The highest BCUT2D eigenvalue weighted by molar-refractivity contribution is 7.92. The van der Waals surface area contributed by atoms with E-state index >= 15 is 0 Å². The van der Waals surface area contributed by atoms with Crippen molar-refractivity contribution in [2.24, 2.45) is 0 Å². The zero-order chi connectivity index (χ0) is 19.3. The normalized spacial score (nSPS) is 11.0. The Hall–Kier alpha value is -3.19. The molecule has 0 fully saturated rings. The molecular formula is C20H19NO5S. The first kappa shape index (κ1) is 18.6. The molecule has 0 aliphatic heterocycles. The van der Waals surface area contributed by atoms with Crippen LogP contribution in [0.2, 0.25) is 0 Å². The lowest BCUT2D eigenvalue weighted by atomic mass is 10.2. The van der Waals surface area contributed by atoms with Gasteiger partial charge in [-0.3, -0.25) is 4.72 Å². The van der Waals surface area contributed by atoms with Gasteiger partial charge >= 0.3 is 0 Å². The quantitative estimate of drug-likeness (QED) is 0.647. The van der Waals surface area contributed by atoms with Crippen LogP contribution in [0, 0.1) is 0 Å². The SMILES string of the molecule is COc1ccc(COc2ccc(O)cc2NS(=O)(=O)c2ccccc2)cc1. The molecule has 0 heterocycles. The van der Waals surface area contributed by atoms with Crippen molar-refractivity contribution in [2.45, 2.75) is 11.5 Å². The van der Waals surface area contributed by atoms with Gasteiger partial charge in [0, 0.05) is 6.07 Å². The van der Waals surface area contributed by atoms with Crippen molar-refractivity contribution in [1.82, 2.24) is 0 Å². The van der Waals surface area contributed by atoms with Gasteiger partial charge in [-0.2, -0.15) is 0 Å². The molecule has 3 rings (SSSR count). The second kappa shape index (κ2) is 8.01. The second-order valence-electron chi connectivity index (χ2n) is 5.74. The minimum Gasteiger partial charge on any atom is -0.508 e. The van der Waals surface area contributed by atoms with Gasteiger partial charge in [-0.1, -0.05) is 30.3 Å². The Morgan fingerprint density at radius 3 is 2.33 bits per heavy atom. The lowest BCUT2D eigenvalue weighted by Crippen LogP contribution is -2.13. The number of hydrogen-bond donors (Lipinski definition) is 2. The smallest absolute Gasteiger partial charge is 0.262 e. The number of methoxy groups -OCH3 is 1. The number of phenols is 1. The summed E-state index contributed by atoms with van der Waals surface area (Å²) in [7, 11) is -2.21. The molecule has 140 valence electrons. The molecule has 6 nitrogen and oxygen atoms in total. The Morgan fingerprint density at radius 1 is 0.963 bits per heavy atom. The van der Waals surface area contributed by atoms with Crippen molar-refractivity contribution in [3.05, 3.63) is 78.4 Å². The Bertz CT molecular complexity index is 1000. The van der Waals surface area contributed by atoms with Gasteiger partial charge in [0.1, 0.15) is 23.9 Å². The topological polar surface area (TPSA) is 84.9 Å². The molecule has 0 radical (unpaired) electrons. The number of ether oxygens (including phenoxy) is 2. The van der Waals surface area contributed by atoms with Gasteiger partial charge in [0.05, 0.1) is 17.7 Å². The third-order valence-electron chi connectivity index (χ3n) is 3.81. The van der Waals surface area contributed by atoms with E-state index in [2.05, 4.69) is 4.72 Å². The number of hydrogen-bond acceptors (Lipinski definition) is 5. The van der Waals surface area contributed by atoms with Gasteiger partial charge in [-0.05, 0) is 42.0 Å². The van der Waals surface area contributed by atoms with Crippen LogP contribution in [-0.4, -0.2) is 20.6 Å². The van der Waals surface area contributed by atoms with E-state index in [0.717, 1.165) is 11.3 Å². The summed E-state index contributed by atoms with van der Waals surface area (Å²) in [6.45, 7) is 0.231. The first-order valence-corrected chi connectivity index (χ1v) is 9.63.